The highest BCUT2D eigenvalue weighted by Crippen LogP contribution is 2.33. The van der Waals surface area contributed by atoms with E-state index in [1.807, 2.05) is 13.8 Å². The molecule has 0 aliphatic carbocycles. The number of hydrogen-bond donors (Lipinski definition) is 2. The molecule has 7 heteroatoms. The van der Waals surface area contributed by atoms with Crippen LogP contribution in [0.15, 0.2) is 48.5 Å². The van der Waals surface area contributed by atoms with Gasteiger partial charge in [-0.3, -0.25) is 0 Å². The summed E-state index contributed by atoms with van der Waals surface area (Å²) in [5.74, 6) is -1.26. The van der Waals surface area contributed by atoms with E-state index in [2.05, 4.69) is 0 Å². The van der Waals surface area contributed by atoms with Crippen molar-refractivity contribution in [1.82, 2.24) is 0 Å². The molecule has 154 valence electrons. The molecule has 0 bridgehead atoms. The lowest BCUT2D eigenvalue weighted by Gasteiger charge is -2.27. The highest BCUT2D eigenvalue weighted by Gasteiger charge is 2.55. The molecule has 0 aromatic heterocycles. The lowest BCUT2D eigenvalue weighted by Crippen LogP contribution is -2.48. The van der Waals surface area contributed by atoms with Gasteiger partial charge in [-0.2, -0.15) is 0 Å². The Morgan fingerprint density at radius 3 is 1.97 bits per heavy atom. The van der Waals surface area contributed by atoms with Crippen LogP contribution in [0.4, 0.5) is 0 Å². The molecule has 1 saturated heterocycles. The van der Waals surface area contributed by atoms with Crippen LogP contribution < -0.4 is 0 Å². The third-order valence-electron chi connectivity index (χ3n) is 4.90. The Balaban J connectivity index is 1.69. The van der Waals surface area contributed by atoms with Gasteiger partial charge in [-0.15, -0.1) is 0 Å². The normalized spacial score (nSPS) is 26.2. The SMILES string of the molecule is Cc1ccc(C(=O)OC[C@H]2OC(O)[C@](C)(O)[C@@H]2OC(=O)c2ccc(C)cc2)cc1. The monoisotopic (exact) mass is 400 g/mol. The number of carbonyl (C=O) groups is 2. The van der Waals surface area contributed by atoms with E-state index in [1.54, 1.807) is 48.5 Å². The van der Waals surface area contributed by atoms with Crippen molar-refractivity contribution >= 4 is 11.9 Å². The Morgan fingerprint density at radius 2 is 1.45 bits per heavy atom. The van der Waals surface area contributed by atoms with Crippen LogP contribution in [0.1, 0.15) is 38.8 Å². The number of ether oxygens (including phenoxy) is 3. The molecule has 0 saturated carbocycles. The maximum atomic E-state index is 12.5. The highest BCUT2D eigenvalue weighted by molar-refractivity contribution is 5.90. The van der Waals surface area contributed by atoms with E-state index in [4.69, 9.17) is 14.2 Å². The molecule has 1 unspecified atom stereocenters. The molecule has 0 radical (unpaired) electrons. The van der Waals surface area contributed by atoms with Crippen LogP contribution in [-0.4, -0.2) is 52.9 Å². The molecular formula is C22H24O7. The number of carbonyl (C=O) groups excluding carboxylic acids is 2. The zero-order valence-corrected chi connectivity index (χ0v) is 16.5. The van der Waals surface area contributed by atoms with Crippen LogP contribution in [0, 0.1) is 13.8 Å². The van der Waals surface area contributed by atoms with Crippen molar-refractivity contribution in [3.8, 4) is 0 Å². The quantitative estimate of drug-likeness (QED) is 0.742. The summed E-state index contributed by atoms with van der Waals surface area (Å²) in [7, 11) is 0. The van der Waals surface area contributed by atoms with Crippen LogP contribution >= 0.6 is 0 Å². The van der Waals surface area contributed by atoms with Gasteiger partial charge in [-0.1, -0.05) is 35.4 Å². The first-order valence-electron chi connectivity index (χ1n) is 9.26. The lowest BCUT2D eigenvalue weighted by molar-refractivity contribution is -0.170. The molecule has 7 nitrogen and oxygen atoms in total. The first-order chi connectivity index (χ1) is 13.7. The zero-order chi connectivity index (χ0) is 21.2. The van der Waals surface area contributed by atoms with Crippen LogP contribution in [-0.2, 0) is 14.2 Å². The van der Waals surface area contributed by atoms with E-state index in [0.29, 0.717) is 11.1 Å². The molecule has 0 spiro atoms. The molecule has 1 aliphatic heterocycles. The van der Waals surface area contributed by atoms with Crippen molar-refractivity contribution in [3.05, 3.63) is 70.8 Å². The van der Waals surface area contributed by atoms with E-state index >= 15 is 0 Å². The number of esters is 2. The van der Waals surface area contributed by atoms with Crippen LogP contribution in [0.3, 0.4) is 0 Å². The van der Waals surface area contributed by atoms with Crippen LogP contribution in [0.25, 0.3) is 0 Å². The van der Waals surface area contributed by atoms with Crippen LogP contribution in [0.5, 0.6) is 0 Å². The molecule has 2 aromatic carbocycles. The molecule has 3 rings (SSSR count). The van der Waals surface area contributed by atoms with Crippen molar-refractivity contribution < 1.29 is 34.0 Å². The predicted molar refractivity (Wildman–Crippen MR) is 103 cm³/mol. The predicted octanol–water partition coefficient (Wildman–Crippen LogP) is 2.15. The zero-order valence-electron chi connectivity index (χ0n) is 16.5. The fourth-order valence-electron chi connectivity index (χ4n) is 3.02. The van der Waals surface area contributed by atoms with Gasteiger partial charge in [0.05, 0.1) is 11.1 Å². The van der Waals surface area contributed by atoms with Gasteiger partial charge in [0.15, 0.2) is 18.0 Å². The third-order valence-corrected chi connectivity index (χ3v) is 4.90. The molecule has 0 amide bonds. The van der Waals surface area contributed by atoms with Gasteiger partial charge in [0.1, 0.15) is 12.7 Å². The second kappa shape index (κ2) is 8.32. The van der Waals surface area contributed by atoms with E-state index in [-0.39, 0.29) is 6.61 Å². The summed E-state index contributed by atoms with van der Waals surface area (Å²) in [6, 6.07) is 13.5. The number of aliphatic hydroxyl groups is 2. The van der Waals surface area contributed by atoms with E-state index in [1.165, 1.54) is 6.92 Å². The van der Waals surface area contributed by atoms with Gasteiger partial charge in [0, 0.05) is 0 Å². The number of benzene rings is 2. The van der Waals surface area contributed by atoms with Gasteiger partial charge >= 0.3 is 11.9 Å². The molecule has 29 heavy (non-hydrogen) atoms. The van der Waals surface area contributed by atoms with Crippen molar-refractivity contribution in [2.45, 2.75) is 44.9 Å². The van der Waals surface area contributed by atoms with E-state index in [0.717, 1.165) is 11.1 Å². The highest BCUT2D eigenvalue weighted by atomic mass is 16.7. The smallest absolute Gasteiger partial charge is 0.338 e. The standard InChI is InChI=1S/C22H24O7/c1-13-4-8-15(9-5-13)19(23)27-12-17-18(22(3,26)21(25)28-17)29-20(24)16-10-6-14(2)7-11-16/h4-11,17-18,21,25-26H,12H2,1-3H3/t17-,18-,21?,22-/m1/s1. The Hall–Kier alpha value is -2.74. The first kappa shape index (κ1) is 21.0. The third kappa shape index (κ3) is 4.64. The van der Waals surface area contributed by atoms with Gasteiger partial charge in [-0.25, -0.2) is 9.59 Å². The topological polar surface area (TPSA) is 102 Å². The van der Waals surface area contributed by atoms with Gasteiger partial charge < -0.3 is 24.4 Å². The van der Waals surface area contributed by atoms with Crippen molar-refractivity contribution in [3.63, 3.8) is 0 Å². The largest absolute Gasteiger partial charge is 0.459 e. The first-order valence-corrected chi connectivity index (χ1v) is 9.26. The fraction of sp³-hybridized carbons (Fsp3) is 0.364. The molecule has 1 aliphatic rings. The molecule has 2 N–H and O–H groups in total. The van der Waals surface area contributed by atoms with E-state index < -0.39 is 36.0 Å². The summed E-state index contributed by atoms with van der Waals surface area (Å²) in [6.45, 7) is 4.79. The van der Waals surface area contributed by atoms with Gasteiger partial charge in [-0.05, 0) is 45.0 Å². The fourth-order valence-corrected chi connectivity index (χ4v) is 3.02. The molecular weight excluding hydrogens is 376 g/mol. The van der Waals surface area contributed by atoms with Gasteiger partial charge in [0.2, 0.25) is 0 Å². The lowest BCUT2D eigenvalue weighted by atomic mass is 9.97. The Morgan fingerprint density at radius 1 is 0.966 bits per heavy atom. The number of aliphatic hydroxyl groups excluding tert-OH is 1. The Kier molecular flexibility index (Phi) is 6.02. The van der Waals surface area contributed by atoms with Crippen molar-refractivity contribution in [2.24, 2.45) is 0 Å². The average Bonchev–Trinajstić information content (AvgIpc) is 2.90. The van der Waals surface area contributed by atoms with Crippen molar-refractivity contribution in [1.29, 1.82) is 0 Å². The summed E-state index contributed by atoms with van der Waals surface area (Å²) < 4.78 is 16.0. The number of hydrogen-bond acceptors (Lipinski definition) is 7. The maximum Gasteiger partial charge on any atom is 0.338 e. The number of aryl methyl sites for hydroxylation is 2. The summed E-state index contributed by atoms with van der Waals surface area (Å²) in [5.41, 5.74) is 0.774. The summed E-state index contributed by atoms with van der Waals surface area (Å²) in [6.07, 6.45) is -3.85. The van der Waals surface area contributed by atoms with Gasteiger partial charge in [0.25, 0.3) is 0 Å². The minimum atomic E-state index is -1.86. The molecule has 1 heterocycles. The summed E-state index contributed by atoms with van der Waals surface area (Å²) in [4.78, 5) is 24.7. The second-order valence-corrected chi connectivity index (χ2v) is 7.41. The number of rotatable bonds is 5. The maximum absolute atomic E-state index is 12.5. The Bertz CT molecular complexity index is 871. The minimum absolute atomic E-state index is 0.295. The Labute approximate surface area is 168 Å². The second-order valence-electron chi connectivity index (χ2n) is 7.41. The van der Waals surface area contributed by atoms with E-state index in [9.17, 15) is 19.8 Å². The van der Waals surface area contributed by atoms with Crippen molar-refractivity contribution in [2.75, 3.05) is 6.61 Å². The van der Waals surface area contributed by atoms with Crippen LogP contribution in [0.2, 0.25) is 0 Å². The molecule has 1 fully saturated rings. The summed E-state index contributed by atoms with van der Waals surface area (Å²) >= 11 is 0. The summed E-state index contributed by atoms with van der Waals surface area (Å²) in [5, 5.41) is 20.6. The minimum Gasteiger partial charge on any atom is -0.459 e. The molecule has 4 atom stereocenters. The molecule has 2 aromatic rings. The average molecular weight is 400 g/mol.